The second-order valence-electron chi connectivity index (χ2n) is 5.23. The molecule has 1 aromatic heterocycles. The van der Waals surface area contributed by atoms with Crippen molar-refractivity contribution in [2.75, 3.05) is 22.6 Å². The van der Waals surface area contributed by atoms with E-state index in [4.69, 9.17) is 11.1 Å². The van der Waals surface area contributed by atoms with E-state index in [1.54, 1.807) is 0 Å². The van der Waals surface area contributed by atoms with Gasteiger partial charge in [-0.2, -0.15) is 0 Å². The fourth-order valence-electron chi connectivity index (χ4n) is 2.38. The molecule has 2 aromatic rings. The molecule has 1 aliphatic heterocycles. The molecule has 1 aromatic carbocycles. The highest BCUT2D eigenvalue weighted by atomic mass is 16.2. The van der Waals surface area contributed by atoms with Crippen molar-refractivity contribution in [2.24, 2.45) is 0 Å². The highest BCUT2D eigenvalue weighted by molar-refractivity contribution is 6.03. The van der Waals surface area contributed by atoms with Gasteiger partial charge in [0.05, 0.1) is 12.5 Å². The summed E-state index contributed by atoms with van der Waals surface area (Å²) in [5, 5.41) is 12.8. The molecular weight excluding hydrogens is 294 g/mol. The van der Waals surface area contributed by atoms with E-state index in [1.165, 1.54) is 6.92 Å². The van der Waals surface area contributed by atoms with Crippen molar-refractivity contribution in [1.29, 1.82) is 5.41 Å². The average molecular weight is 311 g/mol. The molecule has 8 nitrogen and oxygen atoms in total. The number of nitrogens with one attached hydrogen (secondary N) is 3. The lowest BCUT2D eigenvalue weighted by Crippen LogP contribution is -2.30. The molecule has 0 fully saturated rings. The van der Waals surface area contributed by atoms with Crippen molar-refractivity contribution < 1.29 is 4.79 Å². The monoisotopic (exact) mass is 311 g/mol. The minimum absolute atomic E-state index is 0.0249. The number of hydrogen-bond acceptors (Lipinski definition) is 7. The number of carbonyl (C=O) groups excluding carboxylic acids is 1. The first-order valence-corrected chi connectivity index (χ1v) is 7.11. The van der Waals surface area contributed by atoms with Gasteiger partial charge in [0.25, 0.3) is 5.91 Å². The van der Waals surface area contributed by atoms with Gasteiger partial charge in [-0.05, 0) is 12.5 Å². The molecule has 0 saturated carbocycles. The highest BCUT2D eigenvalue weighted by Gasteiger charge is 2.26. The smallest absolute Gasteiger partial charge is 0.294 e. The topological polar surface area (TPSA) is 120 Å². The fraction of sp³-hybridized carbons (Fsp3) is 0.200. The molecule has 2 heterocycles. The van der Waals surface area contributed by atoms with Crippen LogP contribution >= 0.6 is 0 Å². The van der Waals surface area contributed by atoms with E-state index in [0.29, 0.717) is 24.7 Å². The molecule has 0 bridgehead atoms. The first kappa shape index (κ1) is 14.8. The van der Waals surface area contributed by atoms with Gasteiger partial charge in [-0.1, -0.05) is 30.3 Å². The summed E-state index contributed by atoms with van der Waals surface area (Å²) >= 11 is 0. The number of fused-ring (bicyclic) bond motifs is 1. The molecule has 23 heavy (non-hydrogen) atoms. The van der Waals surface area contributed by atoms with Crippen molar-refractivity contribution in [3.8, 4) is 0 Å². The second-order valence-corrected chi connectivity index (χ2v) is 5.23. The van der Waals surface area contributed by atoms with E-state index < -0.39 is 5.91 Å². The van der Waals surface area contributed by atoms with E-state index in [0.717, 1.165) is 5.56 Å². The van der Waals surface area contributed by atoms with Crippen LogP contribution in [-0.4, -0.2) is 28.4 Å². The number of carbonyl (C=O) groups is 1. The maximum absolute atomic E-state index is 12.0. The predicted octanol–water partition coefficient (Wildman–Crippen LogP) is 1.18. The zero-order valence-electron chi connectivity index (χ0n) is 12.6. The molecule has 0 aliphatic carbocycles. The van der Waals surface area contributed by atoms with E-state index in [2.05, 4.69) is 20.6 Å². The first-order chi connectivity index (χ1) is 11.0. The summed E-state index contributed by atoms with van der Waals surface area (Å²) in [7, 11) is 0. The largest absolute Gasteiger partial charge is 0.382 e. The Balaban J connectivity index is 1.90. The number of nitrogens with two attached hydrogens (primary N) is 1. The fourth-order valence-corrected chi connectivity index (χ4v) is 2.38. The highest BCUT2D eigenvalue weighted by Crippen LogP contribution is 2.34. The minimum atomic E-state index is -0.543. The maximum atomic E-state index is 12.0. The SMILES string of the molecule is CC(=N)NC(=O)c1nc(N)c2c(n1)N(Cc1ccccc1)CN2. The van der Waals surface area contributed by atoms with Gasteiger partial charge in [-0.15, -0.1) is 0 Å². The van der Waals surface area contributed by atoms with Crippen LogP contribution in [0.15, 0.2) is 30.3 Å². The van der Waals surface area contributed by atoms with Gasteiger partial charge in [0.1, 0.15) is 5.69 Å². The molecule has 0 radical (unpaired) electrons. The van der Waals surface area contributed by atoms with Crippen molar-refractivity contribution in [3.63, 3.8) is 0 Å². The van der Waals surface area contributed by atoms with E-state index in [-0.39, 0.29) is 17.5 Å². The molecule has 0 saturated heterocycles. The third-order valence-electron chi connectivity index (χ3n) is 3.38. The number of anilines is 3. The molecule has 1 aliphatic rings. The van der Waals surface area contributed by atoms with Crippen LogP contribution < -0.4 is 21.3 Å². The summed E-state index contributed by atoms with van der Waals surface area (Å²) < 4.78 is 0. The number of hydrogen-bond donors (Lipinski definition) is 4. The number of aromatic nitrogens is 2. The van der Waals surface area contributed by atoms with Crippen LogP contribution in [0.1, 0.15) is 23.1 Å². The molecule has 118 valence electrons. The van der Waals surface area contributed by atoms with Crippen LogP contribution in [0.4, 0.5) is 17.3 Å². The Hall–Kier alpha value is -3.16. The first-order valence-electron chi connectivity index (χ1n) is 7.11. The van der Waals surface area contributed by atoms with E-state index in [1.807, 2.05) is 35.2 Å². The van der Waals surface area contributed by atoms with Crippen LogP contribution in [0.25, 0.3) is 0 Å². The zero-order valence-corrected chi connectivity index (χ0v) is 12.6. The molecular formula is C15H17N7O. The number of nitrogen functional groups attached to an aromatic ring is 1. The molecule has 3 rings (SSSR count). The van der Waals surface area contributed by atoms with Crippen LogP contribution in [-0.2, 0) is 6.54 Å². The van der Waals surface area contributed by atoms with Crippen LogP contribution in [0, 0.1) is 5.41 Å². The Labute approximate surface area is 133 Å². The molecule has 0 spiro atoms. The van der Waals surface area contributed by atoms with Gasteiger partial charge in [0.2, 0.25) is 5.82 Å². The Morgan fingerprint density at radius 2 is 2.13 bits per heavy atom. The molecule has 1 amide bonds. The van der Waals surface area contributed by atoms with Gasteiger partial charge in [-0.25, -0.2) is 9.97 Å². The quantitative estimate of drug-likeness (QED) is 0.499. The summed E-state index contributed by atoms with van der Waals surface area (Å²) in [5.41, 5.74) is 7.68. The standard InChI is InChI=1S/C15H17N7O/c1-9(16)19-15(23)13-20-12(17)11-14(21-13)22(8-18-11)7-10-5-3-2-4-6-10/h2-6,18H,7-8H2,1H3,(H2,16,19,23)(H2,17,20,21). The lowest BCUT2D eigenvalue weighted by Gasteiger charge is -2.17. The molecule has 0 unspecified atom stereocenters. The number of rotatable bonds is 3. The molecule has 8 heteroatoms. The minimum Gasteiger partial charge on any atom is -0.382 e. The van der Waals surface area contributed by atoms with Gasteiger partial charge in [0, 0.05) is 6.54 Å². The Bertz CT molecular complexity index is 760. The maximum Gasteiger partial charge on any atom is 0.294 e. The summed E-state index contributed by atoms with van der Waals surface area (Å²) in [4.78, 5) is 22.3. The third kappa shape index (κ3) is 3.05. The van der Waals surface area contributed by atoms with Gasteiger partial charge >= 0.3 is 0 Å². The van der Waals surface area contributed by atoms with Crippen molar-refractivity contribution in [2.45, 2.75) is 13.5 Å². The summed E-state index contributed by atoms with van der Waals surface area (Å²) in [6.07, 6.45) is 0. The number of nitrogens with zero attached hydrogens (tertiary/aromatic N) is 3. The number of amidine groups is 1. The van der Waals surface area contributed by atoms with Gasteiger partial charge in [0.15, 0.2) is 11.6 Å². The van der Waals surface area contributed by atoms with E-state index in [9.17, 15) is 4.79 Å². The number of amides is 1. The molecule has 5 N–H and O–H groups in total. The average Bonchev–Trinajstić information content (AvgIpc) is 2.91. The summed E-state index contributed by atoms with van der Waals surface area (Å²) in [6, 6.07) is 9.95. The van der Waals surface area contributed by atoms with Crippen molar-refractivity contribution in [3.05, 3.63) is 41.7 Å². The summed E-state index contributed by atoms with van der Waals surface area (Å²) in [5.74, 6) is 0.248. The van der Waals surface area contributed by atoms with Gasteiger partial charge < -0.3 is 21.3 Å². The van der Waals surface area contributed by atoms with Crippen molar-refractivity contribution >= 4 is 29.1 Å². The van der Waals surface area contributed by atoms with Crippen LogP contribution in [0.3, 0.4) is 0 Å². The molecule has 0 atom stereocenters. The van der Waals surface area contributed by atoms with Crippen LogP contribution in [0.5, 0.6) is 0 Å². The third-order valence-corrected chi connectivity index (χ3v) is 3.38. The van der Waals surface area contributed by atoms with E-state index >= 15 is 0 Å². The lowest BCUT2D eigenvalue weighted by atomic mass is 10.2. The Morgan fingerprint density at radius 1 is 1.39 bits per heavy atom. The second kappa shape index (κ2) is 5.91. The lowest BCUT2D eigenvalue weighted by molar-refractivity contribution is 0.0967. The normalized spacial score (nSPS) is 12.5. The Morgan fingerprint density at radius 3 is 2.83 bits per heavy atom. The summed E-state index contributed by atoms with van der Waals surface area (Å²) in [6.45, 7) is 2.65. The van der Waals surface area contributed by atoms with Crippen LogP contribution in [0.2, 0.25) is 0 Å². The Kier molecular flexibility index (Phi) is 3.80. The predicted molar refractivity (Wildman–Crippen MR) is 88.4 cm³/mol. The zero-order chi connectivity index (χ0) is 16.4. The van der Waals surface area contributed by atoms with Crippen molar-refractivity contribution in [1.82, 2.24) is 15.3 Å². The number of benzene rings is 1. The van der Waals surface area contributed by atoms with Gasteiger partial charge in [-0.3, -0.25) is 10.2 Å².